The summed E-state index contributed by atoms with van der Waals surface area (Å²) in [6.45, 7) is 3.51. The third-order valence-electron chi connectivity index (χ3n) is 5.25. The monoisotopic (exact) mass is 356 g/mol. The van der Waals surface area contributed by atoms with Crippen LogP contribution >= 0.6 is 0 Å². The zero-order valence-electron chi connectivity index (χ0n) is 14.5. The minimum absolute atomic E-state index is 0.240. The Morgan fingerprint density at radius 2 is 2.00 bits per heavy atom. The molecule has 2 saturated heterocycles. The molecule has 0 radical (unpaired) electrons. The number of ether oxygens (including phenoxy) is 1. The quantitative estimate of drug-likeness (QED) is 0.896. The summed E-state index contributed by atoms with van der Waals surface area (Å²) in [6.07, 6.45) is 0.381. The number of para-hydroxylation sites is 1. The van der Waals surface area contributed by atoms with Gasteiger partial charge in [0, 0.05) is 25.7 Å². The Kier molecular flexibility index (Phi) is 3.82. The molecule has 136 valence electrons. The van der Waals surface area contributed by atoms with Crippen molar-refractivity contribution < 1.29 is 14.3 Å². The van der Waals surface area contributed by atoms with Crippen LogP contribution < -0.4 is 5.56 Å². The summed E-state index contributed by atoms with van der Waals surface area (Å²) >= 11 is 0. The molecule has 2 aliphatic heterocycles. The summed E-state index contributed by atoms with van der Waals surface area (Å²) in [5.41, 5.74) is 0.139. The van der Waals surface area contributed by atoms with E-state index in [1.54, 1.807) is 21.9 Å². The van der Waals surface area contributed by atoms with Crippen LogP contribution in [0.3, 0.4) is 0 Å². The molecular formula is C18H20N4O4. The second kappa shape index (κ2) is 6.05. The minimum Gasteiger partial charge on any atom is -0.447 e. The van der Waals surface area contributed by atoms with Crippen LogP contribution in [0.15, 0.2) is 41.2 Å². The van der Waals surface area contributed by atoms with Gasteiger partial charge in [0.25, 0.3) is 11.5 Å². The Hall–Kier alpha value is -3.03. The molecule has 0 spiro atoms. The largest absolute Gasteiger partial charge is 0.447 e. The second-order valence-corrected chi connectivity index (χ2v) is 6.69. The number of hydrogen-bond acceptors (Lipinski definition) is 4. The van der Waals surface area contributed by atoms with Crippen molar-refractivity contribution >= 4 is 12.0 Å². The van der Waals surface area contributed by atoms with Gasteiger partial charge in [-0.3, -0.25) is 19.6 Å². The van der Waals surface area contributed by atoms with Crippen LogP contribution in [0.4, 0.5) is 4.79 Å². The Labute approximate surface area is 149 Å². The first-order chi connectivity index (χ1) is 12.5. The summed E-state index contributed by atoms with van der Waals surface area (Å²) in [6, 6.07) is 10.4. The van der Waals surface area contributed by atoms with Crippen LogP contribution in [0, 0.1) is 0 Å². The molecule has 0 bridgehead atoms. The summed E-state index contributed by atoms with van der Waals surface area (Å²) in [5.74, 6) is -0.247. The highest BCUT2D eigenvalue weighted by Gasteiger charge is 2.50. The number of fused-ring (bicyclic) bond motifs is 1. The zero-order chi connectivity index (χ0) is 18.3. The van der Waals surface area contributed by atoms with Crippen molar-refractivity contribution in [3.63, 3.8) is 0 Å². The molecular weight excluding hydrogens is 336 g/mol. The van der Waals surface area contributed by atoms with Crippen LogP contribution in [-0.4, -0.2) is 63.4 Å². The number of piperazine rings is 1. The molecule has 2 aromatic rings. The summed E-state index contributed by atoms with van der Waals surface area (Å²) in [7, 11) is 0. The lowest BCUT2D eigenvalue weighted by molar-refractivity contribution is 0.0357. The summed E-state index contributed by atoms with van der Waals surface area (Å²) in [5, 5.41) is 2.89. The number of carbonyl (C=O) groups is 2. The molecule has 2 amide bonds. The van der Waals surface area contributed by atoms with E-state index in [1.165, 1.54) is 10.7 Å². The van der Waals surface area contributed by atoms with E-state index in [9.17, 15) is 14.4 Å². The van der Waals surface area contributed by atoms with Crippen molar-refractivity contribution in [1.82, 2.24) is 19.6 Å². The van der Waals surface area contributed by atoms with Crippen molar-refractivity contribution in [3.8, 4) is 5.69 Å². The first-order valence-electron chi connectivity index (χ1n) is 8.65. The van der Waals surface area contributed by atoms with Gasteiger partial charge in [0.2, 0.25) is 0 Å². The van der Waals surface area contributed by atoms with Gasteiger partial charge >= 0.3 is 6.09 Å². The predicted molar refractivity (Wildman–Crippen MR) is 93.4 cm³/mol. The van der Waals surface area contributed by atoms with E-state index >= 15 is 0 Å². The van der Waals surface area contributed by atoms with Crippen molar-refractivity contribution in [1.29, 1.82) is 0 Å². The number of aromatic nitrogens is 2. The molecule has 2 aliphatic rings. The highest BCUT2D eigenvalue weighted by atomic mass is 16.6. The lowest BCUT2D eigenvalue weighted by Crippen LogP contribution is -2.62. The number of benzene rings is 1. The van der Waals surface area contributed by atoms with Gasteiger partial charge in [-0.05, 0) is 18.6 Å². The van der Waals surface area contributed by atoms with Crippen molar-refractivity contribution in [2.24, 2.45) is 0 Å². The van der Waals surface area contributed by atoms with Gasteiger partial charge in [0.1, 0.15) is 12.3 Å². The number of cyclic esters (lactones) is 1. The predicted octanol–water partition coefficient (Wildman–Crippen LogP) is 1.22. The molecule has 1 aromatic carbocycles. The maximum absolute atomic E-state index is 12.9. The SMILES string of the molecule is CCC12COC(=O)N1CCN(C(=O)c1cc(=O)n(-c3ccccc3)[nH]1)C2. The molecule has 1 aromatic heterocycles. The van der Waals surface area contributed by atoms with Crippen LogP contribution in [0.2, 0.25) is 0 Å². The third-order valence-corrected chi connectivity index (χ3v) is 5.25. The summed E-state index contributed by atoms with van der Waals surface area (Å²) in [4.78, 5) is 40.5. The van der Waals surface area contributed by atoms with Gasteiger partial charge in [-0.1, -0.05) is 25.1 Å². The number of nitrogens with one attached hydrogen (secondary N) is 1. The van der Waals surface area contributed by atoms with Gasteiger partial charge in [-0.2, -0.15) is 0 Å². The molecule has 0 saturated carbocycles. The Morgan fingerprint density at radius 3 is 2.73 bits per heavy atom. The van der Waals surface area contributed by atoms with Gasteiger partial charge < -0.3 is 9.64 Å². The average Bonchev–Trinajstić information content (AvgIpc) is 3.22. The Balaban J connectivity index is 1.59. The second-order valence-electron chi connectivity index (χ2n) is 6.69. The molecule has 1 N–H and O–H groups in total. The normalized spacial score (nSPS) is 22.3. The number of aromatic amines is 1. The van der Waals surface area contributed by atoms with E-state index in [1.807, 2.05) is 25.1 Å². The minimum atomic E-state index is -0.479. The molecule has 0 aliphatic carbocycles. The van der Waals surface area contributed by atoms with Crippen LogP contribution in [0.1, 0.15) is 23.8 Å². The van der Waals surface area contributed by atoms with E-state index in [0.717, 1.165) is 0 Å². The van der Waals surface area contributed by atoms with E-state index in [4.69, 9.17) is 4.74 Å². The smallest absolute Gasteiger partial charge is 0.410 e. The standard InChI is InChI=1S/C18H20N4O4/c1-2-18-11-20(8-9-21(18)17(25)26-12-18)16(24)14-10-15(23)22(19-14)13-6-4-3-5-7-13/h3-7,10,19H,2,8-9,11-12H2,1H3. The number of H-pyrrole nitrogens is 1. The number of hydrogen-bond donors (Lipinski definition) is 1. The summed E-state index contributed by atoms with van der Waals surface area (Å²) < 4.78 is 6.54. The molecule has 8 heteroatoms. The van der Waals surface area contributed by atoms with E-state index < -0.39 is 5.54 Å². The average molecular weight is 356 g/mol. The maximum Gasteiger partial charge on any atom is 0.410 e. The van der Waals surface area contributed by atoms with Gasteiger partial charge in [0.05, 0.1) is 11.2 Å². The Bertz CT molecular complexity index is 903. The molecule has 4 rings (SSSR count). The van der Waals surface area contributed by atoms with E-state index in [2.05, 4.69) is 5.10 Å². The van der Waals surface area contributed by atoms with Crippen LogP contribution in [0.25, 0.3) is 5.69 Å². The van der Waals surface area contributed by atoms with Crippen LogP contribution in [0.5, 0.6) is 0 Å². The number of nitrogens with zero attached hydrogens (tertiary/aromatic N) is 3. The van der Waals surface area contributed by atoms with E-state index in [0.29, 0.717) is 31.7 Å². The van der Waals surface area contributed by atoms with Crippen molar-refractivity contribution in [2.75, 3.05) is 26.2 Å². The molecule has 2 fully saturated rings. The topological polar surface area (TPSA) is 87.6 Å². The molecule has 26 heavy (non-hydrogen) atoms. The van der Waals surface area contributed by atoms with Crippen LogP contribution in [-0.2, 0) is 4.74 Å². The third kappa shape index (κ3) is 2.49. The van der Waals surface area contributed by atoms with Crippen molar-refractivity contribution in [3.05, 3.63) is 52.4 Å². The highest BCUT2D eigenvalue weighted by Crippen LogP contribution is 2.32. The number of carbonyl (C=O) groups excluding carboxylic acids is 2. The number of rotatable bonds is 3. The lowest BCUT2D eigenvalue weighted by atomic mass is 9.93. The maximum atomic E-state index is 12.9. The fourth-order valence-electron chi connectivity index (χ4n) is 3.68. The Morgan fingerprint density at radius 1 is 1.23 bits per heavy atom. The van der Waals surface area contributed by atoms with Gasteiger partial charge in [-0.15, -0.1) is 0 Å². The fourth-order valence-corrected chi connectivity index (χ4v) is 3.68. The molecule has 1 atom stereocenters. The first-order valence-corrected chi connectivity index (χ1v) is 8.65. The van der Waals surface area contributed by atoms with Gasteiger partial charge in [-0.25, -0.2) is 9.48 Å². The van der Waals surface area contributed by atoms with Gasteiger partial charge in [0.15, 0.2) is 0 Å². The number of amides is 2. The zero-order valence-corrected chi connectivity index (χ0v) is 14.5. The highest BCUT2D eigenvalue weighted by molar-refractivity contribution is 5.92. The first kappa shape index (κ1) is 16.4. The van der Waals surface area contributed by atoms with E-state index in [-0.39, 0.29) is 29.9 Å². The molecule has 8 nitrogen and oxygen atoms in total. The lowest BCUT2D eigenvalue weighted by Gasteiger charge is -2.44. The fraction of sp³-hybridized carbons (Fsp3) is 0.389. The van der Waals surface area contributed by atoms with Crippen molar-refractivity contribution in [2.45, 2.75) is 18.9 Å². The molecule has 1 unspecified atom stereocenters. The molecule has 3 heterocycles.